The number of likely N-dealkylation sites (tertiary alicyclic amines) is 1. The van der Waals surface area contributed by atoms with E-state index < -0.39 is 0 Å². The summed E-state index contributed by atoms with van der Waals surface area (Å²) in [6, 6.07) is 24.2. The van der Waals surface area contributed by atoms with Crippen molar-refractivity contribution in [2.75, 3.05) is 52.9 Å². The van der Waals surface area contributed by atoms with Crippen LogP contribution in [0.25, 0.3) is 10.8 Å². The Morgan fingerprint density at radius 3 is 2.25 bits per heavy atom. The molecule has 1 N–H and O–H groups in total. The van der Waals surface area contributed by atoms with Crippen LogP contribution in [0, 0.1) is 5.92 Å². The Labute approximate surface area is 213 Å². The van der Waals surface area contributed by atoms with Crippen molar-refractivity contribution in [3.05, 3.63) is 83.9 Å². The smallest absolute Gasteiger partial charge is 0.254 e. The van der Waals surface area contributed by atoms with Gasteiger partial charge in [-0.3, -0.25) is 14.5 Å². The van der Waals surface area contributed by atoms with Gasteiger partial charge in [-0.25, -0.2) is 0 Å². The molecule has 3 aromatic rings. The van der Waals surface area contributed by atoms with Gasteiger partial charge in [-0.05, 0) is 42.3 Å². The Kier molecular flexibility index (Phi) is 7.63. The highest BCUT2D eigenvalue weighted by molar-refractivity contribution is 6.07. The third-order valence-corrected chi connectivity index (χ3v) is 7.73. The largest absolute Gasteiger partial charge is 0.348 e. The molecule has 0 bridgehead atoms. The van der Waals surface area contributed by atoms with Crippen molar-refractivity contribution in [1.29, 1.82) is 0 Å². The molecule has 3 aromatic carbocycles. The Morgan fingerprint density at radius 2 is 1.50 bits per heavy atom. The Bertz CT molecular complexity index is 1180. The van der Waals surface area contributed by atoms with E-state index in [0.29, 0.717) is 25.9 Å². The maximum absolute atomic E-state index is 13.4. The molecule has 2 aliphatic rings. The van der Waals surface area contributed by atoms with E-state index >= 15 is 0 Å². The molecule has 188 valence electrons. The maximum atomic E-state index is 13.4. The first kappa shape index (κ1) is 24.5. The molecular weight excluding hydrogens is 448 g/mol. The number of hydrogen-bond donors (Lipinski definition) is 1. The number of piperazine rings is 1. The number of amides is 2. The number of rotatable bonds is 6. The van der Waals surface area contributed by atoms with Crippen molar-refractivity contribution in [1.82, 2.24) is 20.0 Å². The first-order valence-corrected chi connectivity index (χ1v) is 13.1. The highest BCUT2D eigenvalue weighted by atomic mass is 16.2. The van der Waals surface area contributed by atoms with Gasteiger partial charge in [-0.15, -0.1) is 0 Å². The SMILES string of the molecule is CN1CCN(CC(NC(=O)C2CCN(C(=O)c3cccc4ccccc34)CC2)c2ccccc2)CC1. The zero-order chi connectivity index (χ0) is 24.9. The quantitative estimate of drug-likeness (QED) is 0.578. The van der Waals surface area contributed by atoms with Crippen molar-refractivity contribution in [3.63, 3.8) is 0 Å². The van der Waals surface area contributed by atoms with Crippen LogP contribution in [0.2, 0.25) is 0 Å². The molecule has 0 radical (unpaired) electrons. The van der Waals surface area contributed by atoms with Crippen LogP contribution >= 0.6 is 0 Å². The Balaban J connectivity index is 1.21. The van der Waals surface area contributed by atoms with Crippen LogP contribution < -0.4 is 5.32 Å². The molecule has 5 rings (SSSR count). The van der Waals surface area contributed by atoms with Gasteiger partial charge in [0.2, 0.25) is 5.91 Å². The highest BCUT2D eigenvalue weighted by Crippen LogP contribution is 2.25. The van der Waals surface area contributed by atoms with Crippen molar-refractivity contribution in [3.8, 4) is 0 Å². The predicted molar refractivity (Wildman–Crippen MR) is 144 cm³/mol. The van der Waals surface area contributed by atoms with Crippen LogP contribution in [0.1, 0.15) is 34.8 Å². The summed E-state index contributed by atoms with van der Waals surface area (Å²) in [6.07, 6.45) is 1.39. The van der Waals surface area contributed by atoms with Crippen molar-refractivity contribution in [2.24, 2.45) is 5.92 Å². The Morgan fingerprint density at radius 1 is 0.833 bits per heavy atom. The molecule has 2 fully saturated rings. The fraction of sp³-hybridized carbons (Fsp3) is 0.400. The lowest BCUT2D eigenvalue weighted by molar-refractivity contribution is -0.127. The molecule has 2 saturated heterocycles. The lowest BCUT2D eigenvalue weighted by atomic mass is 9.94. The van der Waals surface area contributed by atoms with E-state index in [1.165, 1.54) is 0 Å². The minimum absolute atomic E-state index is 0.0301. The number of likely N-dealkylation sites (N-methyl/N-ethyl adjacent to an activating group) is 1. The minimum Gasteiger partial charge on any atom is -0.348 e. The standard InChI is InChI=1S/C30H36N4O2/c1-32-18-20-33(21-19-32)22-28(24-9-3-2-4-10-24)31-29(35)25-14-16-34(17-15-25)30(36)27-13-7-11-23-8-5-6-12-26(23)27/h2-13,25,28H,14-22H2,1H3,(H,31,35). The lowest BCUT2D eigenvalue weighted by Gasteiger charge is -2.36. The molecule has 0 aliphatic carbocycles. The average Bonchev–Trinajstić information content (AvgIpc) is 2.93. The van der Waals surface area contributed by atoms with Crippen LogP contribution in [-0.4, -0.2) is 79.4 Å². The summed E-state index contributed by atoms with van der Waals surface area (Å²) in [4.78, 5) is 33.4. The van der Waals surface area contributed by atoms with Gasteiger partial charge < -0.3 is 15.1 Å². The third kappa shape index (κ3) is 5.61. The van der Waals surface area contributed by atoms with Crippen molar-refractivity contribution >= 4 is 22.6 Å². The van der Waals surface area contributed by atoms with Crippen molar-refractivity contribution in [2.45, 2.75) is 18.9 Å². The number of benzene rings is 3. The lowest BCUT2D eigenvalue weighted by Crippen LogP contribution is -2.49. The molecule has 1 atom stereocenters. The van der Waals surface area contributed by atoms with Gasteiger partial charge in [0, 0.05) is 57.3 Å². The number of hydrogen-bond acceptors (Lipinski definition) is 4. The molecule has 6 heteroatoms. The monoisotopic (exact) mass is 484 g/mol. The second-order valence-electron chi connectivity index (χ2n) is 10.2. The Hall–Kier alpha value is -3.22. The second-order valence-corrected chi connectivity index (χ2v) is 10.2. The number of nitrogens with zero attached hydrogens (tertiary/aromatic N) is 3. The number of piperidine rings is 1. The van der Waals surface area contributed by atoms with E-state index in [-0.39, 0.29) is 23.8 Å². The molecule has 2 amide bonds. The zero-order valence-electron chi connectivity index (χ0n) is 21.1. The molecule has 2 aliphatic heterocycles. The van der Waals surface area contributed by atoms with Gasteiger partial charge in [-0.2, -0.15) is 0 Å². The number of carbonyl (C=O) groups excluding carboxylic acids is 2. The summed E-state index contributed by atoms with van der Waals surface area (Å²) in [5.74, 6) is 0.0957. The topological polar surface area (TPSA) is 55.9 Å². The predicted octanol–water partition coefficient (Wildman–Crippen LogP) is 3.80. The van der Waals surface area contributed by atoms with Gasteiger partial charge in [0.05, 0.1) is 6.04 Å². The van der Waals surface area contributed by atoms with Crippen LogP contribution in [0.15, 0.2) is 72.8 Å². The van der Waals surface area contributed by atoms with Gasteiger partial charge in [-0.1, -0.05) is 66.7 Å². The fourth-order valence-electron chi connectivity index (χ4n) is 5.42. The minimum atomic E-state index is -0.0692. The zero-order valence-corrected chi connectivity index (χ0v) is 21.1. The van der Waals surface area contributed by atoms with Gasteiger partial charge in [0.15, 0.2) is 0 Å². The first-order valence-electron chi connectivity index (χ1n) is 13.1. The van der Waals surface area contributed by atoms with Crippen LogP contribution in [0.5, 0.6) is 0 Å². The number of carbonyl (C=O) groups is 2. The summed E-state index contributed by atoms with van der Waals surface area (Å²) in [5, 5.41) is 5.42. The van der Waals surface area contributed by atoms with Gasteiger partial charge >= 0.3 is 0 Å². The summed E-state index contributed by atoms with van der Waals surface area (Å²) in [5.41, 5.74) is 1.89. The van der Waals surface area contributed by atoms with E-state index in [0.717, 1.165) is 54.6 Å². The van der Waals surface area contributed by atoms with Crippen molar-refractivity contribution < 1.29 is 9.59 Å². The number of nitrogens with one attached hydrogen (secondary N) is 1. The molecule has 0 spiro atoms. The average molecular weight is 485 g/mol. The van der Waals surface area contributed by atoms with E-state index in [2.05, 4.69) is 34.3 Å². The molecule has 0 saturated carbocycles. The molecule has 2 heterocycles. The van der Waals surface area contributed by atoms with E-state index in [1.54, 1.807) is 0 Å². The van der Waals surface area contributed by atoms with E-state index in [1.807, 2.05) is 65.6 Å². The fourth-order valence-corrected chi connectivity index (χ4v) is 5.42. The second kappa shape index (κ2) is 11.2. The highest BCUT2D eigenvalue weighted by Gasteiger charge is 2.30. The van der Waals surface area contributed by atoms with E-state index in [4.69, 9.17) is 0 Å². The molecule has 0 aromatic heterocycles. The van der Waals surface area contributed by atoms with Gasteiger partial charge in [0.25, 0.3) is 5.91 Å². The summed E-state index contributed by atoms with van der Waals surface area (Å²) >= 11 is 0. The summed E-state index contributed by atoms with van der Waals surface area (Å²) < 4.78 is 0. The normalized spacial score (nSPS) is 18.8. The molecule has 6 nitrogen and oxygen atoms in total. The van der Waals surface area contributed by atoms with Crippen LogP contribution in [0.4, 0.5) is 0 Å². The molecule has 36 heavy (non-hydrogen) atoms. The summed E-state index contributed by atoms with van der Waals surface area (Å²) in [7, 11) is 2.16. The van der Waals surface area contributed by atoms with Crippen LogP contribution in [-0.2, 0) is 4.79 Å². The molecular formula is C30H36N4O2. The van der Waals surface area contributed by atoms with Crippen LogP contribution in [0.3, 0.4) is 0 Å². The number of fused-ring (bicyclic) bond motifs is 1. The van der Waals surface area contributed by atoms with Gasteiger partial charge in [0.1, 0.15) is 0 Å². The molecule has 1 unspecified atom stereocenters. The maximum Gasteiger partial charge on any atom is 0.254 e. The summed E-state index contributed by atoms with van der Waals surface area (Å²) in [6.45, 7) is 6.18. The third-order valence-electron chi connectivity index (χ3n) is 7.73. The van der Waals surface area contributed by atoms with E-state index in [9.17, 15) is 9.59 Å². The first-order chi connectivity index (χ1) is 17.6.